The summed E-state index contributed by atoms with van der Waals surface area (Å²) in [6, 6.07) is 13.1. The largest absolute Gasteiger partial charge is 0.504 e. The van der Waals surface area contributed by atoms with Gasteiger partial charge in [-0.3, -0.25) is 9.69 Å². The van der Waals surface area contributed by atoms with Crippen molar-refractivity contribution in [1.29, 1.82) is 0 Å². The van der Waals surface area contributed by atoms with E-state index >= 15 is 0 Å². The van der Waals surface area contributed by atoms with Gasteiger partial charge in [0.15, 0.2) is 18.1 Å². The van der Waals surface area contributed by atoms with Gasteiger partial charge in [-0.25, -0.2) is 9.59 Å². The number of nitrogens with zero attached hydrogens (tertiary/aromatic N) is 1. The maximum Gasteiger partial charge on any atom is 0.339 e. The monoisotopic (exact) mass is 410 g/mol. The van der Waals surface area contributed by atoms with Crippen molar-refractivity contribution < 1.29 is 29.0 Å². The molecule has 3 rings (SSSR count). The summed E-state index contributed by atoms with van der Waals surface area (Å²) in [4.78, 5) is 37.5. The van der Waals surface area contributed by atoms with Gasteiger partial charge in [-0.2, -0.15) is 0 Å². The van der Waals surface area contributed by atoms with E-state index in [1.165, 1.54) is 6.07 Å². The third kappa shape index (κ3) is 4.96. The van der Waals surface area contributed by atoms with Crippen LogP contribution in [0.2, 0.25) is 0 Å². The van der Waals surface area contributed by atoms with E-state index in [0.29, 0.717) is 30.0 Å². The number of urea groups is 1. The molecular weight excluding hydrogens is 388 g/mol. The van der Waals surface area contributed by atoms with Crippen LogP contribution in [0.5, 0.6) is 11.5 Å². The first-order chi connectivity index (χ1) is 14.5. The lowest BCUT2D eigenvalue weighted by Gasteiger charge is -2.13. The van der Waals surface area contributed by atoms with Gasteiger partial charge in [0.2, 0.25) is 0 Å². The molecule has 0 unspecified atom stereocenters. The van der Waals surface area contributed by atoms with E-state index in [2.05, 4.69) is 5.32 Å². The Morgan fingerprint density at radius 2 is 1.97 bits per heavy atom. The number of benzene rings is 2. The number of aromatic hydroxyl groups is 1. The van der Waals surface area contributed by atoms with Gasteiger partial charge in [-0.15, -0.1) is 0 Å². The molecule has 3 amide bonds. The van der Waals surface area contributed by atoms with Gasteiger partial charge in [0.25, 0.3) is 5.91 Å². The first kappa shape index (κ1) is 20.9. The molecule has 156 valence electrons. The van der Waals surface area contributed by atoms with Crippen LogP contribution in [-0.4, -0.2) is 54.2 Å². The quantitative estimate of drug-likeness (QED) is 0.413. The number of phenolic OH excluding ortho intramolecular Hbond substituents is 1. The molecule has 1 aliphatic heterocycles. The first-order valence-corrected chi connectivity index (χ1v) is 9.48. The van der Waals surface area contributed by atoms with Gasteiger partial charge in [-0.05, 0) is 36.3 Å². The van der Waals surface area contributed by atoms with Gasteiger partial charge in [0, 0.05) is 13.1 Å². The summed E-state index contributed by atoms with van der Waals surface area (Å²) in [5, 5.41) is 12.4. The minimum absolute atomic E-state index is 0.00711. The zero-order valence-corrected chi connectivity index (χ0v) is 16.5. The lowest BCUT2D eigenvalue weighted by Crippen LogP contribution is -2.37. The maximum atomic E-state index is 12.8. The fourth-order valence-corrected chi connectivity index (χ4v) is 2.93. The standard InChI is InChI=1S/C22H22N2O6/c1-2-29-19-13-15(8-9-18(19)25)12-17(16-6-4-3-5-7-16)21(27)30-14-20(26)24-11-10-23-22(24)28/h3-9,12-13,25H,2,10-11,14H2,1H3,(H,23,28)/b17-12+. The number of carbonyl (C=O) groups excluding carboxylic acids is 3. The second-order valence-corrected chi connectivity index (χ2v) is 6.44. The van der Waals surface area contributed by atoms with Gasteiger partial charge in [-0.1, -0.05) is 36.4 Å². The highest BCUT2D eigenvalue weighted by atomic mass is 16.5. The molecule has 0 aliphatic carbocycles. The zero-order valence-electron chi connectivity index (χ0n) is 16.5. The predicted molar refractivity (Wildman–Crippen MR) is 110 cm³/mol. The third-order valence-electron chi connectivity index (χ3n) is 4.38. The van der Waals surface area contributed by atoms with E-state index in [-0.39, 0.29) is 17.9 Å². The molecule has 1 heterocycles. The van der Waals surface area contributed by atoms with Crippen molar-refractivity contribution in [2.24, 2.45) is 0 Å². The lowest BCUT2D eigenvalue weighted by molar-refractivity contribution is -0.145. The Labute approximate surface area is 173 Å². The molecule has 0 aromatic heterocycles. The van der Waals surface area contributed by atoms with Crippen molar-refractivity contribution in [1.82, 2.24) is 10.2 Å². The number of carbonyl (C=O) groups is 3. The Morgan fingerprint density at radius 1 is 1.20 bits per heavy atom. The number of hydrogen-bond acceptors (Lipinski definition) is 6. The third-order valence-corrected chi connectivity index (χ3v) is 4.38. The van der Waals surface area contributed by atoms with Gasteiger partial charge in [0.1, 0.15) is 0 Å². The van der Waals surface area contributed by atoms with Crippen molar-refractivity contribution in [2.75, 3.05) is 26.3 Å². The Hall–Kier alpha value is -3.81. The maximum absolute atomic E-state index is 12.8. The summed E-state index contributed by atoms with van der Waals surface area (Å²) in [5.41, 5.74) is 1.43. The molecule has 0 atom stereocenters. The topological polar surface area (TPSA) is 105 Å². The fourth-order valence-electron chi connectivity index (χ4n) is 2.93. The highest BCUT2D eigenvalue weighted by molar-refractivity contribution is 6.22. The van der Waals surface area contributed by atoms with Gasteiger partial charge >= 0.3 is 12.0 Å². The number of esters is 1. The van der Waals surface area contributed by atoms with E-state index in [9.17, 15) is 19.5 Å². The molecular formula is C22H22N2O6. The Balaban J connectivity index is 1.83. The van der Waals surface area contributed by atoms with Crippen LogP contribution in [0.15, 0.2) is 48.5 Å². The molecule has 2 aromatic rings. The second kappa shape index (κ2) is 9.60. The SMILES string of the molecule is CCOc1cc(/C=C(/C(=O)OCC(=O)N2CCNC2=O)c2ccccc2)ccc1O. The summed E-state index contributed by atoms with van der Waals surface area (Å²) in [6.07, 6.45) is 1.59. The highest BCUT2D eigenvalue weighted by Gasteiger charge is 2.27. The predicted octanol–water partition coefficient (Wildman–Crippen LogP) is 2.43. The van der Waals surface area contributed by atoms with Crippen molar-refractivity contribution in [3.63, 3.8) is 0 Å². The number of amides is 3. The lowest BCUT2D eigenvalue weighted by atomic mass is 10.0. The van der Waals surface area contributed by atoms with Crippen LogP contribution >= 0.6 is 0 Å². The molecule has 30 heavy (non-hydrogen) atoms. The summed E-state index contributed by atoms with van der Waals surface area (Å²) in [6.45, 7) is 2.24. The average Bonchev–Trinajstić information content (AvgIpc) is 3.19. The fraction of sp³-hybridized carbons (Fsp3) is 0.227. The van der Waals surface area contributed by atoms with Crippen LogP contribution in [0, 0.1) is 0 Å². The summed E-state index contributed by atoms with van der Waals surface area (Å²) < 4.78 is 10.6. The van der Waals surface area contributed by atoms with Crippen LogP contribution in [0.4, 0.5) is 4.79 Å². The van der Waals surface area contributed by atoms with Crippen LogP contribution in [0.1, 0.15) is 18.1 Å². The molecule has 0 bridgehead atoms. The molecule has 2 aromatic carbocycles. The van der Waals surface area contributed by atoms with Crippen molar-refractivity contribution >= 4 is 29.6 Å². The molecule has 0 radical (unpaired) electrons. The van der Waals surface area contributed by atoms with Crippen molar-refractivity contribution in [2.45, 2.75) is 6.92 Å². The van der Waals surface area contributed by atoms with Gasteiger partial charge < -0.3 is 19.9 Å². The molecule has 8 nitrogen and oxygen atoms in total. The summed E-state index contributed by atoms with van der Waals surface area (Å²) in [7, 11) is 0. The van der Waals surface area contributed by atoms with Crippen molar-refractivity contribution in [3.8, 4) is 11.5 Å². The Bertz CT molecular complexity index is 971. The molecule has 0 spiro atoms. The number of rotatable bonds is 7. The van der Waals surface area contributed by atoms with Crippen LogP contribution in [0.3, 0.4) is 0 Å². The van der Waals surface area contributed by atoms with E-state index in [1.807, 2.05) is 6.07 Å². The highest BCUT2D eigenvalue weighted by Crippen LogP contribution is 2.29. The molecule has 2 N–H and O–H groups in total. The van der Waals surface area contributed by atoms with Gasteiger partial charge in [0.05, 0.1) is 12.2 Å². The molecule has 0 saturated carbocycles. The average molecular weight is 410 g/mol. The Morgan fingerprint density at radius 3 is 2.63 bits per heavy atom. The van der Waals surface area contributed by atoms with Crippen LogP contribution < -0.4 is 10.1 Å². The van der Waals surface area contributed by atoms with E-state index in [1.54, 1.807) is 49.4 Å². The Kier molecular flexibility index (Phi) is 6.69. The normalized spacial score (nSPS) is 13.7. The minimum Gasteiger partial charge on any atom is -0.504 e. The number of imide groups is 1. The number of hydrogen-bond donors (Lipinski definition) is 2. The van der Waals surface area contributed by atoms with Crippen LogP contribution in [0.25, 0.3) is 11.6 Å². The van der Waals surface area contributed by atoms with E-state index < -0.39 is 24.5 Å². The van der Waals surface area contributed by atoms with Crippen molar-refractivity contribution in [3.05, 3.63) is 59.7 Å². The van der Waals surface area contributed by atoms with Crippen LogP contribution in [-0.2, 0) is 14.3 Å². The molecule has 1 aliphatic rings. The van der Waals surface area contributed by atoms with E-state index in [4.69, 9.17) is 9.47 Å². The smallest absolute Gasteiger partial charge is 0.339 e. The molecule has 1 fully saturated rings. The minimum atomic E-state index is -0.708. The molecule has 8 heteroatoms. The zero-order chi connectivity index (χ0) is 21.5. The molecule has 1 saturated heterocycles. The first-order valence-electron chi connectivity index (χ1n) is 9.48. The second-order valence-electron chi connectivity index (χ2n) is 6.44. The number of nitrogens with one attached hydrogen (secondary N) is 1. The summed E-state index contributed by atoms with van der Waals surface area (Å²) >= 11 is 0. The summed E-state index contributed by atoms with van der Waals surface area (Å²) in [5.74, 6) is -1.01. The number of ether oxygens (including phenoxy) is 2. The number of phenols is 1. The van der Waals surface area contributed by atoms with E-state index in [0.717, 1.165) is 4.90 Å².